The van der Waals surface area contributed by atoms with E-state index in [1.807, 2.05) is 4.90 Å². The first-order valence-electron chi connectivity index (χ1n) is 5.67. The number of ether oxygens (including phenoxy) is 1. The molecule has 106 valence electrons. The lowest BCUT2D eigenvalue weighted by molar-refractivity contribution is -0.140. The summed E-state index contributed by atoms with van der Waals surface area (Å²) >= 11 is 4.88. The van der Waals surface area contributed by atoms with Gasteiger partial charge in [-0.3, -0.25) is 9.69 Å². The smallest absolute Gasteiger partial charge is 0.320 e. The van der Waals surface area contributed by atoms with Gasteiger partial charge >= 0.3 is 5.97 Å². The number of carbonyl (C=O) groups is 1. The molecular weight excluding hydrogens is 342 g/mol. The zero-order chi connectivity index (χ0) is 13.8. The lowest BCUT2D eigenvalue weighted by Gasteiger charge is -2.35. The van der Waals surface area contributed by atoms with E-state index in [1.54, 1.807) is 18.7 Å². The Labute approximate surface area is 121 Å². The minimum atomic E-state index is -3.12. The molecule has 5 nitrogen and oxygen atoms in total. The Bertz CT molecular complexity index is 387. The number of carbonyl (C=O) groups excluding carboxylic acids is 1. The second kappa shape index (κ2) is 7.12. The highest BCUT2D eigenvalue weighted by Crippen LogP contribution is 2.22. The standard InChI is InChI=1S/C10H18BrNO4S2/c1-3-18(14,15)9-7-17-5-4-12(9)6-8(11)10(13)16-2/h8-9H,3-7H2,1-2H3. The van der Waals surface area contributed by atoms with Gasteiger partial charge in [0.05, 0.1) is 7.11 Å². The molecule has 1 heterocycles. The van der Waals surface area contributed by atoms with Crippen molar-refractivity contribution in [2.75, 3.05) is 37.5 Å². The van der Waals surface area contributed by atoms with Crippen molar-refractivity contribution < 1.29 is 17.9 Å². The topological polar surface area (TPSA) is 63.7 Å². The molecule has 0 radical (unpaired) electrons. The summed E-state index contributed by atoms with van der Waals surface area (Å²) in [6.07, 6.45) is 0. The molecule has 0 spiro atoms. The van der Waals surface area contributed by atoms with Crippen LogP contribution in [-0.4, -0.2) is 66.9 Å². The number of esters is 1. The predicted octanol–water partition coefficient (Wildman–Crippen LogP) is 0.732. The third-order valence-corrected chi connectivity index (χ3v) is 6.85. The molecule has 0 aliphatic carbocycles. The number of hydrogen-bond acceptors (Lipinski definition) is 6. The Hall–Kier alpha value is 0.210. The average Bonchev–Trinajstić information content (AvgIpc) is 2.38. The molecule has 8 heteroatoms. The Kier molecular flexibility index (Phi) is 6.43. The van der Waals surface area contributed by atoms with E-state index in [0.717, 1.165) is 5.75 Å². The van der Waals surface area contributed by atoms with Crippen LogP contribution in [0.3, 0.4) is 0 Å². The predicted molar refractivity (Wildman–Crippen MR) is 76.9 cm³/mol. The normalized spacial score (nSPS) is 23.6. The number of rotatable bonds is 5. The van der Waals surface area contributed by atoms with Crippen molar-refractivity contribution in [2.24, 2.45) is 0 Å². The maximum absolute atomic E-state index is 12.0. The molecule has 1 aliphatic rings. The second-order valence-electron chi connectivity index (χ2n) is 3.97. The number of hydrogen-bond donors (Lipinski definition) is 0. The van der Waals surface area contributed by atoms with Crippen LogP contribution in [-0.2, 0) is 19.4 Å². The van der Waals surface area contributed by atoms with Crippen molar-refractivity contribution in [3.63, 3.8) is 0 Å². The largest absolute Gasteiger partial charge is 0.468 e. The molecule has 1 fully saturated rings. The molecular formula is C10H18BrNO4S2. The van der Waals surface area contributed by atoms with E-state index in [2.05, 4.69) is 20.7 Å². The van der Waals surface area contributed by atoms with Gasteiger partial charge in [-0.15, -0.1) is 0 Å². The molecule has 2 unspecified atom stereocenters. The Morgan fingerprint density at radius 2 is 2.28 bits per heavy atom. The van der Waals surface area contributed by atoms with Crippen LogP contribution in [0.4, 0.5) is 0 Å². The van der Waals surface area contributed by atoms with Gasteiger partial charge in [-0.1, -0.05) is 22.9 Å². The maximum Gasteiger partial charge on any atom is 0.320 e. The van der Waals surface area contributed by atoms with E-state index in [4.69, 9.17) is 0 Å². The number of nitrogens with zero attached hydrogens (tertiary/aromatic N) is 1. The highest BCUT2D eigenvalue weighted by Gasteiger charge is 2.34. The van der Waals surface area contributed by atoms with E-state index in [-0.39, 0.29) is 11.7 Å². The van der Waals surface area contributed by atoms with Gasteiger partial charge in [0.25, 0.3) is 0 Å². The van der Waals surface area contributed by atoms with Gasteiger partial charge in [-0.25, -0.2) is 8.42 Å². The third-order valence-electron chi connectivity index (χ3n) is 2.86. The minimum absolute atomic E-state index is 0.125. The molecule has 0 N–H and O–H groups in total. The van der Waals surface area contributed by atoms with Crippen LogP contribution < -0.4 is 0 Å². The number of sulfone groups is 1. The molecule has 0 amide bonds. The fraction of sp³-hybridized carbons (Fsp3) is 0.900. The molecule has 0 aromatic carbocycles. The minimum Gasteiger partial charge on any atom is -0.468 e. The first-order valence-corrected chi connectivity index (χ1v) is 9.46. The highest BCUT2D eigenvalue weighted by molar-refractivity contribution is 9.10. The summed E-state index contributed by atoms with van der Waals surface area (Å²) < 4.78 is 28.6. The SMILES string of the molecule is CCS(=O)(=O)C1CSCCN1CC(Br)C(=O)OC. The third kappa shape index (κ3) is 4.11. The zero-order valence-corrected chi connectivity index (χ0v) is 13.7. The van der Waals surface area contributed by atoms with Crippen molar-refractivity contribution in [2.45, 2.75) is 17.1 Å². The molecule has 1 aliphatic heterocycles. The number of methoxy groups -OCH3 is 1. The van der Waals surface area contributed by atoms with Gasteiger partial charge < -0.3 is 4.74 Å². The average molecular weight is 360 g/mol. The van der Waals surface area contributed by atoms with E-state index < -0.39 is 20.0 Å². The van der Waals surface area contributed by atoms with Crippen molar-refractivity contribution in [3.8, 4) is 0 Å². The van der Waals surface area contributed by atoms with Crippen molar-refractivity contribution >= 4 is 43.5 Å². The summed E-state index contributed by atoms with van der Waals surface area (Å²) in [5.74, 6) is 1.20. The molecule has 0 aromatic heterocycles. The number of alkyl halides is 1. The summed E-state index contributed by atoms with van der Waals surface area (Å²) in [6.45, 7) is 2.68. The van der Waals surface area contributed by atoms with E-state index in [9.17, 15) is 13.2 Å². The quantitative estimate of drug-likeness (QED) is 0.532. The Morgan fingerprint density at radius 3 is 2.83 bits per heavy atom. The molecule has 2 atom stereocenters. The Morgan fingerprint density at radius 1 is 1.61 bits per heavy atom. The summed E-state index contributed by atoms with van der Waals surface area (Å²) in [4.78, 5) is 12.7. The van der Waals surface area contributed by atoms with Crippen LogP contribution in [0.25, 0.3) is 0 Å². The van der Waals surface area contributed by atoms with Gasteiger partial charge in [0.15, 0.2) is 9.84 Å². The lowest BCUT2D eigenvalue weighted by Crippen LogP contribution is -2.50. The van der Waals surface area contributed by atoms with E-state index >= 15 is 0 Å². The number of halogens is 1. The molecule has 0 saturated carbocycles. The van der Waals surface area contributed by atoms with Gasteiger partial charge in [0, 0.05) is 30.3 Å². The summed E-state index contributed by atoms with van der Waals surface area (Å²) in [5.41, 5.74) is 0. The van der Waals surface area contributed by atoms with Crippen molar-refractivity contribution in [3.05, 3.63) is 0 Å². The summed E-state index contributed by atoms with van der Waals surface area (Å²) in [5, 5.41) is -0.494. The van der Waals surface area contributed by atoms with E-state index in [0.29, 0.717) is 18.8 Å². The van der Waals surface area contributed by atoms with Gasteiger partial charge in [-0.05, 0) is 0 Å². The van der Waals surface area contributed by atoms with Crippen LogP contribution in [0.15, 0.2) is 0 Å². The van der Waals surface area contributed by atoms with Crippen LogP contribution in [0.5, 0.6) is 0 Å². The molecule has 0 aromatic rings. The fourth-order valence-corrected chi connectivity index (χ4v) is 5.41. The van der Waals surface area contributed by atoms with Crippen molar-refractivity contribution in [1.29, 1.82) is 0 Å². The van der Waals surface area contributed by atoms with Gasteiger partial charge in [0.1, 0.15) is 10.2 Å². The van der Waals surface area contributed by atoms with Crippen molar-refractivity contribution in [1.82, 2.24) is 4.90 Å². The first-order chi connectivity index (χ1) is 8.42. The lowest BCUT2D eigenvalue weighted by atomic mass is 10.3. The van der Waals surface area contributed by atoms with Crippen LogP contribution in [0, 0.1) is 0 Å². The zero-order valence-electron chi connectivity index (χ0n) is 10.5. The summed E-state index contributed by atoms with van der Waals surface area (Å²) in [7, 11) is -1.79. The number of thioether (sulfide) groups is 1. The molecule has 1 rings (SSSR count). The van der Waals surface area contributed by atoms with Gasteiger partial charge in [-0.2, -0.15) is 11.8 Å². The fourth-order valence-electron chi connectivity index (χ4n) is 1.76. The molecule has 0 bridgehead atoms. The molecule has 1 saturated heterocycles. The van der Waals surface area contributed by atoms with E-state index in [1.165, 1.54) is 7.11 Å². The highest BCUT2D eigenvalue weighted by atomic mass is 79.9. The van der Waals surface area contributed by atoms with Crippen LogP contribution in [0.1, 0.15) is 6.92 Å². The first kappa shape index (κ1) is 16.3. The van der Waals surface area contributed by atoms with Gasteiger partial charge in [0.2, 0.25) is 0 Å². The summed E-state index contributed by atoms with van der Waals surface area (Å²) in [6, 6.07) is 0. The molecule has 18 heavy (non-hydrogen) atoms. The monoisotopic (exact) mass is 359 g/mol. The van der Waals surface area contributed by atoms with Crippen LogP contribution >= 0.6 is 27.7 Å². The Balaban J connectivity index is 2.75. The second-order valence-corrected chi connectivity index (χ2v) is 8.67. The maximum atomic E-state index is 12.0. The van der Waals surface area contributed by atoms with Crippen LogP contribution in [0.2, 0.25) is 0 Å².